The number of pyridine rings is 1. The predicted molar refractivity (Wildman–Crippen MR) is 48.7 cm³/mol. The maximum Gasteiger partial charge on any atom is 0.0733 e. The van der Waals surface area contributed by atoms with Gasteiger partial charge in [0.15, 0.2) is 0 Å². The summed E-state index contributed by atoms with van der Waals surface area (Å²) in [5.74, 6) is 2.83. The fraction of sp³-hybridized carbons (Fsp3) is 0.364. The number of hydrogen-bond acceptors (Lipinski definition) is 1. The molecule has 1 heterocycles. The van der Waals surface area contributed by atoms with E-state index in [1.807, 2.05) is 12.3 Å². The van der Waals surface area contributed by atoms with Crippen molar-refractivity contribution in [3.8, 4) is 12.3 Å². The number of aryl methyl sites for hydroxylation is 1. The number of hydrogen-bond donors (Lipinski definition) is 0. The SMILES string of the molecule is C#CC1(c2cc(C)ccn2)CC1. The van der Waals surface area contributed by atoms with E-state index in [2.05, 4.69) is 23.9 Å². The third-order valence-electron chi connectivity index (χ3n) is 2.43. The molecule has 1 nitrogen and oxygen atoms in total. The lowest BCUT2D eigenvalue weighted by atomic mass is 10.0. The second-order valence-electron chi connectivity index (χ2n) is 3.44. The maximum absolute atomic E-state index is 5.46. The Balaban J connectivity index is 2.42. The Hall–Kier alpha value is -1.29. The molecule has 0 unspecified atom stereocenters. The van der Waals surface area contributed by atoms with Crippen LogP contribution in [0.1, 0.15) is 24.1 Å². The van der Waals surface area contributed by atoms with Gasteiger partial charge in [-0.15, -0.1) is 6.42 Å². The highest BCUT2D eigenvalue weighted by Crippen LogP contribution is 2.46. The van der Waals surface area contributed by atoms with Crippen LogP contribution in [0.25, 0.3) is 0 Å². The van der Waals surface area contributed by atoms with E-state index in [1.165, 1.54) is 5.56 Å². The quantitative estimate of drug-likeness (QED) is 0.568. The van der Waals surface area contributed by atoms with E-state index in [4.69, 9.17) is 6.42 Å². The highest BCUT2D eigenvalue weighted by atomic mass is 14.7. The first-order chi connectivity index (χ1) is 5.77. The maximum atomic E-state index is 5.46. The molecule has 1 aromatic rings. The van der Waals surface area contributed by atoms with Crippen LogP contribution in [-0.4, -0.2) is 4.98 Å². The molecule has 0 amide bonds. The second kappa shape index (κ2) is 2.35. The first-order valence-electron chi connectivity index (χ1n) is 4.18. The molecule has 0 bridgehead atoms. The van der Waals surface area contributed by atoms with Crippen molar-refractivity contribution in [2.24, 2.45) is 0 Å². The van der Waals surface area contributed by atoms with Crippen molar-refractivity contribution in [3.05, 3.63) is 29.6 Å². The van der Waals surface area contributed by atoms with E-state index in [-0.39, 0.29) is 5.41 Å². The summed E-state index contributed by atoms with van der Waals surface area (Å²) in [7, 11) is 0. The summed E-state index contributed by atoms with van der Waals surface area (Å²) >= 11 is 0. The van der Waals surface area contributed by atoms with Crippen LogP contribution in [0.3, 0.4) is 0 Å². The largest absolute Gasteiger partial charge is 0.260 e. The van der Waals surface area contributed by atoms with Crippen LogP contribution in [0.2, 0.25) is 0 Å². The van der Waals surface area contributed by atoms with Gasteiger partial charge in [-0.1, -0.05) is 5.92 Å². The highest BCUT2D eigenvalue weighted by molar-refractivity contribution is 5.37. The first-order valence-corrected chi connectivity index (χ1v) is 4.18. The second-order valence-corrected chi connectivity index (χ2v) is 3.44. The summed E-state index contributed by atoms with van der Waals surface area (Å²) in [4.78, 5) is 4.30. The zero-order chi connectivity index (χ0) is 8.60. The molecule has 60 valence electrons. The van der Waals surface area contributed by atoms with Crippen molar-refractivity contribution in [1.29, 1.82) is 0 Å². The smallest absolute Gasteiger partial charge is 0.0733 e. The standard InChI is InChI=1S/C11H11N/c1-3-11(5-6-11)10-8-9(2)4-7-12-10/h1,4,7-8H,5-6H2,2H3. The van der Waals surface area contributed by atoms with Crippen molar-refractivity contribution < 1.29 is 0 Å². The van der Waals surface area contributed by atoms with E-state index < -0.39 is 0 Å². The predicted octanol–water partition coefficient (Wildman–Crippen LogP) is 2.05. The lowest BCUT2D eigenvalue weighted by Crippen LogP contribution is -2.05. The van der Waals surface area contributed by atoms with Crippen LogP contribution >= 0.6 is 0 Å². The Labute approximate surface area is 72.8 Å². The van der Waals surface area contributed by atoms with E-state index in [9.17, 15) is 0 Å². The monoisotopic (exact) mass is 157 g/mol. The van der Waals surface area contributed by atoms with Crippen LogP contribution in [0.15, 0.2) is 18.3 Å². The molecule has 1 heteroatoms. The molecule has 1 aromatic heterocycles. The summed E-state index contributed by atoms with van der Waals surface area (Å²) < 4.78 is 0. The molecule has 0 aromatic carbocycles. The Morgan fingerprint density at radius 1 is 1.58 bits per heavy atom. The minimum Gasteiger partial charge on any atom is -0.260 e. The van der Waals surface area contributed by atoms with Gasteiger partial charge in [0.2, 0.25) is 0 Å². The van der Waals surface area contributed by atoms with Gasteiger partial charge in [0.1, 0.15) is 0 Å². The van der Waals surface area contributed by atoms with Crippen LogP contribution in [0, 0.1) is 19.3 Å². The average Bonchev–Trinajstić information content (AvgIpc) is 2.84. The van der Waals surface area contributed by atoms with Gasteiger partial charge in [-0.05, 0) is 37.5 Å². The van der Waals surface area contributed by atoms with Gasteiger partial charge in [0, 0.05) is 6.20 Å². The van der Waals surface area contributed by atoms with Crippen LogP contribution in [-0.2, 0) is 5.41 Å². The summed E-state index contributed by atoms with van der Waals surface area (Å²) in [5.41, 5.74) is 2.30. The van der Waals surface area contributed by atoms with E-state index >= 15 is 0 Å². The molecule has 12 heavy (non-hydrogen) atoms. The number of aromatic nitrogens is 1. The van der Waals surface area contributed by atoms with Gasteiger partial charge in [-0.2, -0.15) is 0 Å². The molecule has 1 aliphatic rings. The molecule has 0 spiro atoms. The van der Waals surface area contributed by atoms with Crippen molar-refractivity contribution in [1.82, 2.24) is 4.98 Å². The Morgan fingerprint density at radius 2 is 2.33 bits per heavy atom. The van der Waals surface area contributed by atoms with Crippen molar-refractivity contribution in [3.63, 3.8) is 0 Å². The number of terminal acetylenes is 1. The normalized spacial score (nSPS) is 18.3. The Morgan fingerprint density at radius 3 is 2.83 bits per heavy atom. The lowest BCUT2D eigenvalue weighted by molar-refractivity contribution is 0.868. The minimum absolute atomic E-state index is 0.00792. The van der Waals surface area contributed by atoms with Gasteiger partial charge >= 0.3 is 0 Å². The molecule has 0 aliphatic heterocycles. The van der Waals surface area contributed by atoms with Gasteiger partial charge in [-0.25, -0.2) is 0 Å². The van der Waals surface area contributed by atoms with Crippen molar-refractivity contribution in [2.75, 3.05) is 0 Å². The Kier molecular flexibility index (Phi) is 1.44. The van der Waals surface area contributed by atoms with Gasteiger partial charge in [0.25, 0.3) is 0 Å². The molecule has 1 saturated carbocycles. The highest BCUT2D eigenvalue weighted by Gasteiger charge is 2.43. The zero-order valence-electron chi connectivity index (χ0n) is 7.17. The van der Waals surface area contributed by atoms with E-state index in [1.54, 1.807) is 0 Å². The number of rotatable bonds is 1. The summed E-state index contributed by atoms with van der Waals surface area (Å²) in [6.07, 6.45) is 9.49. The molecule has 0 saturated heterocycles. The Bertz CT molecular complexity index is 342. The van der Waals surface area contributed by atoms with Crippen LogP contribution < -0.4 is 0 Å². The fourth-order valence-corrected chi connectivity index (χ4v) is 1.40. The topological polar surface area (TPSA) is 12.9 Å². The molecule has 0 radical (unpaired) electrons. The molecule has 0 N–H and O–H groups in total. The van der Waals surface area contributed by atoms with Gasteiger partial charge < -0.3 is 0 Å². The molecule has 1 aliphatic carbocycles. The molecule has 2 rings (SSSR count). The lowest BCUT2D eigenvalue weighted by Gasteiger charge is -2.06. The van der Waals surface area contributed by atoms with Crippen LogP contribution in [0.4, 0.5) is 0 Å². The first kappa shape index (κ1) is 7.36. The summed E-state index contributed by atoms with van der Waals surface area (Å²) in [5, 5.41) is 0. The van der Waals surface area contributed by atoms with Crippen molar-refractivity contribution in [2.45, 2.75) is 25.2 Å². The zero-order valence-corrected chi connectivity index (χ0v) is 7.17. The van der Waals surface area contributed by atoms with E-state index in [0.717, 1.165) is 18.5 Å². The fourth-order valence-electron chi connectivity index (χ4n) is 1.40. The third-order valence-corrected chi connectivity index (χ3v) is 2.43. The van der Waals surface area contributed by atoms with E-state index in [0.29, 0.717) is 0 Å². The average molecular weight is 157 g/mol. The molecule has 0 atom stereocenters. The molecular formula is C11H11N. The van der Waals surface area contributed by atoms with Gasteiger partial charge in [0.05, 0.1) is 11.1 Å². The number of nitrogens with zero attached hydrogens (tertiary/aromatic N) is 1. The summed E-state index contributed by atoms with van der Waals surface area (Å²) in [6.45, 7) is 2.07. The van der Waals surface area contributed by atoms with Crippen LogP contribution in [0.5, 0.6) is 0 Å². The third kappa shape index (κ3) is 1.00. The summed E-state index contributed by atoms with van der Waals surface area (Å²) in [6, 6.07) is 4.09. The minimum atomic E-state index is -0.00792. The molecule has 1 fully saturated rings. The van der Waals surface area contributed by atoms with Gasteiger partial charge in [-0.3, -0.25) is 4.98 Å². The molecular weight excluding hydrogens is 146 g/mol. The van der Waals surface area contributed by atoms with Crippen molar-refractivity contribution >= 4 is 0 Å².